The molecule has 4 fully saturated rings. The van der Waals surface area contributed by atoms with Crippen LogP contribution in [0.15, 0.2) is 24.3 Å². The number of carbonyl (C=O) groups is 3. The van der Waals surface area contributed by atoms with Crippen LogP contribution in [-0.2, 0) is 23.8 Å². The quantitative estimate of drug-likeness (QED) is 0.547. The molecule has 2 bridgehead atoms. The fourth-order valence-corrected chi connectivity index (χ4v) is 6.99. The highest BCUT2D eigenvalue weighted by Gasteiger charge is 2.40. The maximum atomic E-state index is 13.9. The Morgan fingerprint density at radius 1 is 0.881 bits per heavy atom. The van der Waals surface area contributed by atoms with Crippen molar-refractivity contribution in [3.8, 4) is 5.75 Å². The predicted octanol–water partition coefficient (Wildman–Crippen LogP) is 1.35. The molecule has 0 spiro atoms. The minimum absolute atomic E-state index is 0.0344. The van der Waals surface area contributed by atoms with Gasteiger partial charge >= 0.3 is 0 Å². The van der Waals surface area contributed by atoms with E-state index in [2.05, 4.69) is 15.5 Å². The Morgan fingerprint density at radius 3 is 2.45 bits per heavy atom. The molecule has 0 radical (unpaired) electrons. The molecule has 11 nitrogen and oxygen atoms in total. The Balaban J connectivity index is 1.22. The molecule has 3 amide bonds. The smallest absolute Gasteiger partial charge is 0.258 e. The van der Waals surface area contributed by atoms with Crippen LogP contribution in [0, 0.1) is 5.92 Å². The zero-order valence-electron chi connectivity index (χ0n) is 24.3. The normalized spacial score (nSPS) is 30.7. The van der Waals surface area contributed by atoms with E-state index in [0.29, 0.717) is 76.4 Å². The van der Waals surface area contributed by atoms with Gasteiger partial charge in [0.15, 0.2) is 0 Å². The lowest BCUT2D eigenvalue weighted by molar-refractivity contribution is -0.134. The van der Waals surface area contributed by atoms with E-state index >= 15 is 0 Å². The van der Waals surface area contributed by atoms with Crippen LogP contribution in [0.4, 0.5) is 0 Å². The zero-order valence-corrected chi connectivity index (χ0v) is 24.3. The molecule has 230 valence electrons. The number of hydrogen-bond donors (Lipinski definition) is 2. The van der Waals surface area contributed by atoms with Gasteiger partial charge in [0.1, 0.15) is 11.8 Å². The predicted molar refractivity (Wildman–Crippen MR) is 153 cm³/mol. The van der Waals surface area contributed by atoms with E-state index in [0.717, 1.165) is 38.5 Å². The van der Waals surface area contributed by atoms with Gasteiger partial charge in [-0.1, -0.05) is 12.1 Å². The maximum Gasteiger partial charge on any atom is 0.258 e. The van der Waals surface area contributed by atoms with Crippen molar-refractivity contribution in [1.82, 2.24) is 20.4 Å². The molecule has 0 aliphatic carbocycles. The Labute approximate surface area is 247 Å². The number of piperazine rings is 1. The molecule has 1 aromatic rings. The monoisotopic (exact) mass is 584 g/mol. The van der Waals surface area contributed by atoms with Crippen molar-refractivity contribution >= 4 is 17.7 Å². The lowest BCUT2D eigenvalue weighted by Gasteiger charge is -2.45. The molecule has 0 saturated carbocycles. The number of rotatable bonds is 3. The van der Waals surface area contributed by atoms with E-state index in [4.69, 9.17) is 18.9 Å². The van der Waals surface area contributed by atoms with Gasteiger partial charge in [-0.05, 0) is 50.7 Å². The Bertz CT molecular complexity index is 1110. The van der Waals surface area contributed by atoms with E-state index in [1.54, 1.807) is 11.0 Å². The van der Waals surface area contributed by atoms with Crippen molar-refractivity contribution < 1.29 is 33.3 Å². The van der Waals surface area contributed by atoms with Crippen LogP contribution in [0.1, 0.15) is 55.3 Å². The molecule has 0 unspecified atom stereocenters. The molecular weight excluding hydrogens is 540 g/mol. The van der Waals surface area contributed by atoms with Gasteiger partial charge in [0.25, 0.3) is 5.91 Å². The highest BCUT2D eigenvalue weighted by Crippen LogP contribution is 2.28. The number of fused-ring (bicyclic) bond motifs is 4. The summed E-state index contributed by atoms with van der Waals surface area (Å²) in [5, 5.41) is 6.36. The van der Waals surface area contributed by atoms with Crippen molar-refractivity contribution in [3.05, 3.63) is 29.8 Å². The van der Waals surface area contributed by atoms with E-state index < -0.39 is 6.04 Å². The first kappa shape index (κ1) is 29.3. The zero-order chi connectivity index (χ0) is 28.9. The van der Waals surface area contributed by atoms with Gasteiger partial charge in [0, 0.05) is 71.0 Å². The summed E-state index contributed by atoms with van der Waals surface area (Å²) in [7, 11) is 0. The Hall–Kier alpha value is -2.73. The third-order valence-corrected chi connectivity index (χ3v) is 9.51. The summed E-state index contributed by atoms with van der Waals surface area (Å²) in [4.78, 5) is 45.0. The fourth-order valence-electron chi connectivity index (χ4n) is 6.99. The topological polar surface area (TPSA) is 119 Å². The number of amides is 3. The van der Waals surface area contributed by atoms with Crippen LogP contribution in [0.2, 0.25) is 0 Å². The lowest BCUT2D eigenvalue weighted by Crippen LogP contribution is -2.63. The van der Waals surface area contributed by atoms with E-state index in [9.17, 15) is 14.4 Å². The second-order valence-corrected chi connectivity index (χ2v) is 12.1. The van der Waals surface area contributed by atoms with Crippen molar-refractivity contribution in [2.45, 2.75) is 75.3 Å². The minimum atomic E-state index is -0.653. The van der Waals surface area contributed by atoms with Crippen LogP contribution in [0.25, 0.3) is 0 Å². The summed E-state index contributed by atoms with van der Waals surface area (Å²) in [5.74, 6) is 0.117. The summed E-state index contributed by atoms with van der Waals surface area (Å²) in [6.45, 7) is 4.93. The average Bonchev–Trinajstić information content (AvgIpc) is 3.04. The summed E-state index contributed by atoms with van der Waals surface area (Å²) < 4.78 is 23.7. The van der Waals surface area contributed by atoms with Crippen LogP contribution in [-0.4, -0.2) is 117 Å². The fraction of sp³-hybridized carbons (Fsp3) is 0.710. The molecule has 11 heteroatoms. The van der Waals surface area contributed by atoms with Gasteiger partial charge in [-0.2, -0.15) is 0 Å². The van der Waals surface area contributed by atoms with Gasteiger partial charge in [-0.3, -0.25) is 19.3 Å². The number of carbonyl (C=O) groups excluding carboxylic acids is 3. The summed E-state index contributed by atoms with van der Waals surface area (Å²) >= 11 is 0. The van der Waals surface area contributed by atoms with Gasteiger partial charge in [0.05, 0.1) is 30.4 Å². The number of nitrogens with one attached hydrogen (secondary N) is 2. The molecular formula is C31H44N4O7. The molecule has 2 N–H and O–H groups in total. The van der Waals surface area contributed by atoms with Crippen molar-refractivity contribution in [1.29, 1.82) is 0 Å². The van der Waals surface area contributed by atoms with Crippen molar-refractivity contribution in [2.75, 3.05) is 59.2 Å². The van der Waals surface area contributed by atoms with Crippen molar-refractivity contribution in [3.63, 3.8) is 0 Å². The summed E-state index contributed by atoms with van der Waals surface area (Å²) in [6, 6.07) is 6.77. The first-order valence-corrected chi connectivity index (χ1v) is 15.7. The highest BCUT2D eigenvalue weighted by atomic mass is 16.5. The third kappa shape index (κ3) is 6.74. The second-order valence-electron chi connectivity index (χ2n) is 12.1. The molecule has 1 aromatic carbocycles. The van der Waals surface area contributed by atoms with Crippen molar-refractivity contribution in [2.24, 2.45) is 5.92 Å². The molecule has 4 saturated heterocycles. The maximum absolute atomic E-state index is 13.9. The molecule has 5 aliphatic heterocycles. The van der Waals surface area contributed by atoms with Gasteiger partial charge < -0.3 is 34.5 Å². The molecule has 0 aromatic heterocycles. The largest absolute Gasteiger partial charge is 0.493 e. The van der Waals surface area contributed by atoms with Gasteiger partial charge in [0.2, 0.25) is 11.8 Å². The number of para-hydroxylation sites is 1. The van der Waals surface area contributed by atoms with Crippen LogP contribution >= 0.6 is 0 Å². The number of nitrogens with zero attached hydrogens (tertiary/aromatic N) is 2. The Kier molecular flexibility index (Phi) is 9.58. The molecule has 5 heterocycles. The van der Waals surface area contributed by atoms with E-state index in [-0.39, 0.29) is 48.4 Å². The highest BCUT2D eigenvalue weighted by molar-refractivity contribution is 6.00. The summed E-state index contributed by atoms with van der Waals surface area (Å²) in [6.07, 6.45) is 5.05. The summed E-state index contributed by atoms with van der Waals surface area (Å²) in [5.41, 5.74) is 0.477. The van der Waals surface area contributed by atoms with E-state index in [1.165, 1.54) is 0 Å². The van der Waals surface area contributed by atoms with Crippen LogP contribution < -0.4 is 15.4 Å². The van der Waals surface area contributed by atoms with Gasteiger partial charge in [-0.15, -0.1) is 0 Å². The number of benzene rings is 1. The molecule has 6 rings (SSSR count). The third-order valence-electron chi connectivity index (χ3n) is 9.51. The first-order valence-electron chi connectivity index (χ1n) is 15.7. The molecule has 5 aliphatic rings. The standard InChI is InChI=1S/C31H44N4O7/c36-29(21-7-14-39-15-8-21)33-25-6-5-23-11-18-41-27-4-2-1-3-24(27)31(38)35-13-12-34(22-9-16-40-17-10-22)20-26(35)30(37)32-19-28(25)42-23/h1-4,21-23,25-26,28H,5-20H2,(H,32,37)(H,33,36)/t23-,25+,26-,28+/m0/s1. The van der Waals surface area contributed by atoms with E-state index in [1.807, 2.05) is 18.2 Å². The lowest BCUT2D eigenvalue weighted by atomic mass is 9.94. The number of ether oxygens (including phenoxy) is 4. The molecule has 4 atom stereocenters. The van der Waals surface area contributed by atoms with Crippen LogP contribution in [0.3, 0.4) is 0 Å². The Morgan fingerprint density at radius 2 is 1.64 bits per heavy atom. The van der Waals surface area contributed by atoms with Crippen LogP contribution in [0.5, 0.6) is 5.75 Å². The number of hydrogen-bond acceptors (Lipinski definition) is 8. The SMILES string of the molecule is O=C(N[C@@H]1CC[C@H]2CCOc3ccccc3C(=O)N3CCN(C4CCOCC4)C[C@H]3C(=O)NC[C@H]1O2)C1CCOCC1. The molecule has 42 heavy (non-hydrogen) atoms. The minimum Gasteiger partial charge on any atom is -0.493 e. The van der Waals surface area contributed by atoms with Gasteiger partial charge in [-0.25, -0.2) is 0 Å². The second kappa shape index (κ2) is 13.7. The average molecular weight is 585 g/mol. The first-order chi connectivity index (χ1) is 20.6.